The highest BCUT2D eigenvalue weighted by molar-refractivity contribution is 6.34. The van der Waals surface area contributed by atoms with Crippen LogP contribution in [0.15, 0.2) is 42.5 Å². The van der Waals surface area contributed by atoms with E-state index >= 15 is 0 Å². The van der Waals surface area contributed by atoms with E-state index in [9.17, 15) is 27.9 Å². The average molecular weight is 615 g/mol. The number of nitrogens with zero attached hydrogens (tertiary/aromatic N) is 3. The van der Waals surface area contributed by atoms with Gasteiger partial charge in [0, 0.05) is 56.5 Å². The number of likely N-dealkylation sites (tertiary alicyclic amines) is 1. The Labute approximate surface area is 249 Å². The molecule has 0 aromatic heterocycles. The van der Waals surface area contributed by atoms with E-state index in [2.05, 4.69) is 11.8 Å². The SMILES string of the molecule is CN(C)C(=O)c1ccc(N2CCC(CC3(C)CCN(C(=O)C(O)(c4cccc(Cl)c4)C(F)(F)F)CC3)CC2)cc1Cl. The summed E-state index contributed by atoms with van der Waals surface area (Å²) in [6.45, 7) is 4.09. The molecule has 11 heteroatoms. The van der Waals surface area contributed by atoms with E-state index in [4.69, 9.17) is 23.2 Å². The third-order valence-corrected chi connectivity index (χ3v) is 9.12. The summed E-state index contributed by atoms with van der Waals surface area (Å²) in [6, 6.07) is 10.2. The first-order valence-electron chi connectivity index (χ1n) is 13.8. The number of benzene rings is 2. The third-order valence-electron chi connectivity index (χ3n) is 8.57. The topological polar surface area (TPSA) is 64.1 Å². The molecule has 0 bridgehead atoms. The van der Waals surface area contributed by atoms with Gasteiger partial charge in [-0.25, -0.2) is 0 Å². The van der Waals surface area contributed by atoms with Crippen molar-refractivity contribution in [2.75, 3.05) is 45.2 Å². The van der Waals surface area contributed by atoms with Gasteiger partial charge in [0.2, 0.25) is 0 Å². The minimum atomic E-state index is -5.20. The molecule has 224 valence electrons. The van der Waals surface area contributed by atoms with Gasteiger partial charge in [-0.1, -0.05) is 42.3 Å². The number of anilines is 1. The molecule has 41 heavy (non-hydrogen) atoms. The molecule has 2 fully saturated rings. The molecule has 0 spiro atoms. The van der Waals surface area contributed by atoms with Crippen LogP contribution in [0.25, 0.3) is 0 Å². The van der Waals surface area contributed by atoms with E-state index in [1.54, 1.807) is 20.2 Å². The Bertz CT molecular complexity index is 1270. The van der Waals surface area contributed by atoms with Crippen molar-refractivity contribution in [3.05, 3.63) is 63.6 Å². The summed E-state index contributed by atoms with van der Waals surface area (Å²) in [7, 11) is 3.37. The van der Waals surface area contributed by atoms with Crippen molar-refractivity contribution in [3.8, 4) is 0 Å². The second-order valence-electron chi connectivity index (χ2n) is 11.8. The molecule has 2 aromatic carbocycles. The highest BCUT2D eigenvalue weighted by atomic mass is 35.5. The average Bonchev–Trinajstić information content (AvgIpc) is 2.92. The lowest BCUT2D eigenvalue weighted by atomic mass is 9.71. The molecule has 6 nitrogen and oxygen atoms in total. The van der Waals surface area contributed by atoms with Crippen LogP contribution in [0.3, 0.4) is 0 Å². The Kier molecular flexibility index (Phi) is 9.21. The summed E-state index contributed by atoms with van der Waals surface area (Å²) in [4.78, 5) is 30.3. The van der Waals surface area contributed by atoms with E-state index in [1.165, 1.54) is 17.0 Å². The number of rotatable bonds is 6. The third kappa shape index (κ3) is 6.62. The zero-order valence-electron chi connectivity index (χ0n) is 23.5. The van der Waals surface area contributed by atoms with Crippen LogP contribution in [0.1, 0.15) is 54.9 Å². The zero-order valence-corrected chi connectivity index (χ0v) is 25.0. The first kappa shape index (κ1) is 31.4. The zero-order chi connectivity index (χ0) is 30.2. The number of amides is 2. The molecular weight excluding hydrogens is 578 g/mol. The standard InChI is InChI=1S/C30H36Cl2F3N3O3/c1-28(19-20-9-13-37(14-10-20)23-7-8-24(25(32)18-23)26(39)36(2)3)11-15-38(16-12-28)27(40)29(41,30(33,34)35)21-5-4-6-22(31)17-21/h4-8,17-18,20,41H,9-16,19H2,1-3H3. The van der Waals surface area contributed by atoms with Crippen molar-refractivity contribution in [2.24, 2.45) is 11.3 Å². The number of alkyl halides is 3. The highest BCUT2D eigenvalue weighted by Crippen LogP contribution is 2.44. The van der Waals surface area contributed by atoms with Gasteiger partial charge in [-0.15, -0.1) is 0 Å². The molecule has 2 heterocycles. The number of halogens is 5. The molecule has 2 saturated heterocycles. The minimum Gasteiger partial charge on any atom is -0.371 e. The van der Waals surface area contributed by atoms with Crippen molar-refractivity contribution in [1.29, 1.82) is 0 Å². The summed E-state index contributed by atoms with van der Waals surface area (Å²) in [5.74, 6) is -1.06. The number of hydrogen-bond donors (Lipinski definition) is 1. The number of piperidine rings is 2. The Hall–Kier alpha value is -2.49. The van der Waals surface area contributed by atoms with E-state index in [0.717, 1.165) is 55.1 Å². The van der Waals surface area contributed by atoms with Crippen molar-refractivity contribution in [1.82, 2.24) is 9.80 Å². The lowest BCUT2D eigenvalue weighted by Crippen LogP contribution is -2.57. The van der Waals surface area contributed by atoms with E-state index in [-0.39, 0.29) is 29.4 Å². The number of carbonyl (C=O) groups excluding carboxylic acids is 2. The Morgan fingerprint density at radius 2 is 1.66 bits per heavy atom. The number of carbonyl (C=O) groups is 2. The van der Waals surface area contributed by atoms with E-state index < -0.39 is 23.2 Å². The summed E-state index contributed by atoms with van der Waals surface area (Å²) in [5, 5.41) is 11.2. The molecule has 4 rings (SSSR count). The summed E-state index contributed by atoms with van der Waals surface area (Å²) in [5.41, 5.74) is -2.91. The molecule has 1 atom stereocenters. The fourth-order valence-corrected chi connectivity index (χ4v) is 6.46. The first-order chi connectivity index (χ1) is 19.1. The number of hydrogen-bond acceptors (Lipinski definition) is 4. The van der Waals surface area contributed by atoms with Crippen molar-refractivity contribution < 1.29 is 27.9 Å². The van der Waals surface area contributed by atoms with Crippen molar-refractivity contribution in [3.63, 3.8) is 0 Å². The van der Waals surface area contributed by atoms with Gasteiger partial charge in [0.25, 0.3) is 17.4 Å². The van der Waals surface area contributed by atoms with Crippen LogP contribution in [0.4, 0.5) is 18.9 Å². The quantitative estimate of drug-likeness (QED) is 0.410. The number of aliphatic hydroxyl groups is 1. The van der Waals surface area contributed by atoms with E-state index in [1.807, 2.05) is 12.1 Å². The normalized spacial score (nSPS) is 19.5. The second kappa shape index (κ2) is 12.0. The van der Waals surface area contributed by atoms with Gasteiger partial charge in [0.15, 0.2) is 0 Å². The van der Waals surface area contributed by atoms with Gasteiger partial charge in [0.05, 0.1) is 10.6 Å². The van der Waals surface area contributed by atoms with Crippen LogP contribution in [-0.2, 0) is 10.4 Å². The largest absolute Gasteiger partial charge is 0.430 e. The van der Waals surface area contributed by atoms with Crippen LogP contribution < -0.4 is 4.90 Å². The van der Waals surface area contributed by atoms with Crippen LogP contribution in [-0.4, -0.2) is 73.2 Å². The second-order valence-corrected chi connectivity index (χ2v) is 12.7. The maximum Gasteiger partial charge on any atom is 0.430 e. The Morgan fingerprint density at radius 1 is 1.02 bits per heavy atom. The monoisotopic (exact) mass is 613 g/mol. The van der Waals surface area contributed by atoms with E-state index in [0.29, 0.717) is 29.3 Å². The Morgan fingerprint density at radius 3 is 2.20 bits per heavy atom. The van der Waals surface area contributed by atoms with Gasteiger partial charge < -0.3 is 19.8 Å². The predicted octanol–water partition coefficient (Wildman–Crippen LogP) is 6.38. The highest BCUT2D eigenvalue weighted by Gasteiger charge is 2.62. The minimum absolute atomic E-state index is 0.00906. The molecule has 2 aliphatic rings. The van der Waals surface area contributed by atoms with Crippen LogP contribution in [0.2, 0.25) is 10.0 Å². The summed E-state index contributed by atoms with van der Waals surface area (Å²) < 4.78 is 42.2. The van der Waals surface area contributed by atoms with Gasteiger partial charge in [-0.05, 0) is 73.8 Å². The predicted molar refractivity (Wildman–Crippen MR) is 154 cm³/mol. The molecule has 2 aliphatic heterocycles. The van der Waals surface area contributed by atoms with Crippen LogP contribution >= 0.6 is 23.2 Å². The molecule has 0 radical (unpaired) electrons. The molecular formula is C30H36Cl2F3N3O3. The first-order valence-corrected chi connectivity index (χ1v) is 14.5. The molecule has 1 unspecified atom stereocenters. The fraction of sp³-hybridized carbons (Fsp3) is 0.533. The molecule has 2 aromatic rings. The molecule has 0 saturated carbocycles. The van der Waals surface area contributed by atoms with Gasteiger partial charge in [-0.3, -0.25) is 9.59 Å². The molecule has 0 aliphatic carbocycles. The maximum atomic E-state index is 14.1. The summed E-state index contributed by atoms with van der Waals surface area (Å²) >= 11 is 12.3. The van der Waals surface area contributed by atoms with Crippen LogP contribution in [0, 0.1) is 11.3 Å². The van der Waals surface area contributed by atoms with Crippen LogP contribution in [0.5, 0.6) is 0 Å². The smallest absolute Gasteiger partial charge is 0.371 e. The van der Waals surface area contributed by atoms with Crippen molar-refractivity contribution in [2.45, 2.75) is 50.8 Å². The molecule has 1 N–H and O–H groups in total. The summed E-state index contributed by atoms with van der Waals surface area (Å²) in [6.07, 6.45) is -1.26. The fourth-order valence-electron chi connectivity index (χ4n) is 6.01. The van der Waals surface area contributed by atoms with Gasteiger partial charge in [0.1, 0.15) is 0 Å². The van der Waals surface area contributed by atoms with Gasteiger partial charge in [-0.2, -0.15) is 13.2 Å². The van der Waals surface area contributed by atoms with Crippen molar-refractivity contribution >= 4 is 40.7 Å². The Balaban J connectivity index is 1.34. The molecule has 2 amide bonds. The lowest BCUT2D eigenvalue weighted by molar-refractivity contribution is -0.262. The lowest BCUT2D eigenvalue weighted by Gasteiger charge is -2.45. The maximum absolute atomic E-state index is 14.1. The van der Waals surface area contributed by atoms with Gasteiger partial charge >= 0.3 is 6.18 Å².